The first-order valence-electron chi connectivity index (χ1n) is 6.17. The lowest BCUT2D eigenvalue weighted by Crippen LogP contribution is -2.40. The number of aliphatic hydroxyl groups is 1. The number of rotatable bonds is 7. The zero-order valence-electron chi connectivity index (χ0n) is 11.5. The summed E-state index contributed by atoms with van der Waals surface area (Å²) in [4.78, 5) is 0.153. The van der Waals surface area contributed by atoms with Crippen molar-refractivity contribution in [2.24, 2.45) is 0 Å². The molecule has 108 valence electrons. The highest BCUT2D eigenvalue weighted by Crippen LogP contribution is 2.16. The van der Waals surface area contributed by atoms with Gasteiger partial charge >= 0.3 is 0 Å². The van der Waals surface area contributed by atoms with Crippen LogP contribution < -0.4 is 9.46 Å². The molecule has 1 atom stereocenters. The molecule has 5 nitrogen and oxygen atoms in total. The fourth-order valence-electron chi connectivity index (χ4n) is 1.72. The molecule has 0 aromatic heterocycles. The zero-order valence-corrected chi connectivity index (χ0v) is 12.3. The molecule has 1 unspecified atom stereocenters. The lowest BCUT2D eigenvalue weighted by molar-refractivity contribution is 0.0554. The summed E-state index contributed by atoms with van der Waals surface area (Å²) in [6.07, 6.45) is 1.33. The summed E-state index contributed by atoms with van der Waals surface area (Å²) in [7, 11) is -2.08. The van der Waals surface area contributed by atoms with Gasteiger partial charge in [0.15, 0.2) is 0 Å². The van der Waals surface area contributed by atoms with E-state index in [9.17, 15) is 13.5 Å². The maximum absolute atomic E-state index is 12.0. The van der Waals surface area contributed by atoms with Crippen LogP contribution in [0.5, 0.6) is 5.75 Å². The fraction of sp³-hybridized carbons (Fsp3) is 0.538. The third-order valence-corrected chi connectivity index (χ3v) is 4.22. The maximum atomic E-state index is 12.0. The molecule has 0 amide bonds. The van der Waals surface area contributed by atoms with E-state index in [-0.39, 0.29) is 11.4 Å². The minimum Gasteiger partial charge on any atom is -0.497 e. The van der Waals surface area contributed by atoms with E-state index in [2.05, 4.69) is 4.72 Å². The molecule has 19 heavy (non-hydrogen) atoms. The van der Waals surface area contributed by atoms with Crippen LogP contribution in [0.15, 0.2) is 29.2 Å². The first-order valence-corrected chi connectivity index (χ1v) is 7.65. The molecule has 1 aromatic carbocycles. The van der Waals surface area contributed by atoms with Crippen molar-refractivity contribution in [1.82, 2.24) is 4.72 Å². The van der Waals surface area contributed by atoms with E-state index in [4.69, 9.17) is 4.74 Å². The van der Waals surface area contributed by atoms with Gasteiger partial charge in [0.2, 0.25) is 10.0 Å². The van der Waals surface area contributed by atoms with Gasteiger partial charge in [-0.05, 0) is 37.6 Å². The summed E-state index contributed by atoms with van der Waals surface area (Å²) in [5.74, 6) is 0.594. The van der Waals surface area contributed by atoms with Gasteiger partial charge < -0.3 is 9.84 Å². The summed E-state index contributed by atoms with van der Waals surface area (Å²) in [5, 5.41) is 9.96. The summed E-state index contributed by atoms with van der Waals surface area (Å²) in [6, 6.07) is 6.10. The Kier molecular flexibility index (Phi) is 5.34. The summed E-state index contributed by atoms with van der Waals surface area (Å²) in [6.45, 7) is 3.55. The SMILES string of the molecule is CCCC(C)(O)CNS(=O)(=O)c1ccc(OC)cc1. The van der Waals surface area contributed by atoms with Crippen LogP contribution in [0.2, 0.25) is 0 Å². The van der Waals surface area contributed by atoms with E-state index in [1.165, 1.54) is 19.2 Å². The predicted octanol–water partition coefficient (Wildman–Crippen LogP) is 1.52. The second kappa shape index (κ2) is 6.36. The zero-order chi connectivity index (χ0) is 14.5. The third kappa shape index (κ3) is 4.81. The average molecular weight is 287 g/mol. The largest absolute Gasteiger partial charge is 0.497 e. The molecular weight excluding hydrogens is 266 g/mol. The van der Waals surface area contributed by atoms with Gasteiger partial charge in [0.05, 0.1) is 17.6 Å². The highest BCUT2D eigenvalue weighted by molar-refractivity contribution is 7.89. The Morgan fingerprint density at radius 3 is 2.37 bits per heavy atom. The standard InChI is InChI=1S/C13H21NO4S/c1-4-9-13(2,15)10-14-19(16,17)12-7-5-11(18-3)6-8-12/h5-8,14-15H,4,9-10H2,1-3H3. The maximum Gasteiger partial charge on any atom is 0.240 e. The van der Waals surface area contributed by atoms with Gasteiger partial charge in [0.1, 0.15) is 5.75 Å². The van der Waals surface area contributed by atoms with Crippen LogP contribution in [-0.4, -0.2) is 32.8 Å². The molecule has 0 saturated carbocycles. The van der Waals surface area contributed by atoms with Crippen molar-refractivity contribution in [2.45, 2.75) is 37.2 Å². The van der Waals surface area contributed by atoms with Crippen molar-refractivity contribution in [3.8, 4) is 5.75 Å². The summed E-state index contributed by atoms with van der Waals surface area (Å²) in [5.41, 5.74) is -1.03. The van der Waals surface area contributed by atoms with Crippen molar-refractivity contribution in [1.29, 1.82) is 0 Å². The lowest BCUT2D eigenvalue weighted by Gasteiger charge is -2.22. The number of methoxy groups -OCH3 is 1. The Hall–Kier alpha value is -1.11. The Morgan fingerprint density at radius 2 is 1.89 bits per heavy atom. The van der Waals surface area contributed by atoms with Crippen LogP contribution >= 0.6 is 0 Å². The molecule has 0 saturated heterocycles. The highest BCUT2D eigenvalue weighted by atomic mass is 32.2. The third-order valence-electron chi connectivity index (χ3n) is 2.80. The van der Waals surface area contributed by atoms with Crippen molar-refractivity contribution in [3.05, 3.63) is 24.3 Å². The van der Waals surface area contributed by atoms with E-state index < -0.39 is 15.6 Å². The van der Waals surface area contributed by atoms with E-state index in [0.29, 0.717) is 12.2 Å². The van der Waals surface area contributed by atoms with Gasteiger partial charge in [-0.25, -0.2) is 13.1 Å². The van der Waals surface area contributed by atoms with Gasteiger partial charge in [0, 0.05) is 6.54 Å². The van der Waals surface area contributed by atoms with Crippen LogP contribution in [0.3, 0.4) is 0 Å². The Balaban J connectivity index is 2.75. The van der Waals surface area contributed by atoms with Crippen molar-refractivity contribution in [3.63, 3.8) is 0 Å². The van der Waals surface area contributed by atoms with Gasteiger partial charge in [-0.15, -0.1) is 0 Å². The molecule has 0 fully saturated rings. The van der Waals surface area contributed by atoms with Crippen molar-refractivity contribution >= 4 is 10.0 Å². The quantitative estimate of drug-likeness (QED) is 0.797. The first kappa shape index (κ1) is 15.9. The smallest absolute Gasteiger partial charge is 0.240 e. The monoisotopic (exact) mass is 287 g/mol. The molecule has 0 spiro atoms. The molecule has 0 aliphatic carbocycles. The van der Waals surface area contributed by atoms with E-state index in [1.54, 1.807) is 19.1 Å². The Labute approximate surface area is 114 Å². The molecular formula is C13H21NO4S. The number of ether oxygens (including phenoxy) is 1. The van der Waals surface area contributed by atoms with Crippen LogP contribution in [0.25, 0.3) is 0 Å². The molecule has 0 heterocycles. The first-order chi connectivity index (χ1) is 8.80. The minimum atomic E-state index is -3.60. The molecule has 0 aliphatic heterocycles. The van der Waals surface area contributed by atoms with Crippen molar-refractivity contribution < 1.29 is 18.3 Å². The van der Waals surface area contributed by atoms with Crippen molar-refractivity contribution in [2.75, 3.05) is 13.7 Å². The molecule has 0 aliphatic rings. The summed E-state index contributed by atoms with van der Waals surface area (Å²) >= 11 is 0. The predicted molar refractivity (Wildman–Crippen MR) is 73.7 cm³/mol. The molecule has 2 N–H and O–H groups in total. The summed E-state index contributed by atoms with van der Waals surface area (Å²) < 4.78 is 31.4. The van der Waals surface area contributed by atoms with Gasteiger partial charge in [0.25, 0.3) is 0 Å². The van der Waals surface area contributed by atoms with E-state index >= 15 is 0 Å². The molecule has 1 rings (SSSR count). The van der Waals surface area contributed by atoms with Crippen LogP contribution in [0.4, 0.5) is 0 Å². The number of hydrogen-bond acceptors (Lipinski definition) is 4. The van der Waals surface area contributed by atoms with Crippen LogP contribution in [0.1, 0.15) is 26.7 Å². The Bertz CT molecular complexity index is 494. The molecule has 0 radical (unpaired) electrons. The van der Waals surface area contributed by atoms with Gasteiger partial charge in [-0.1, -0.05) is 13.3 Å². The average Bonchev–Trinajstić information content (AvgIpc) is 2.37. The van der Waals surface area contributed by atoms with Crippen LogP contribution in [-0.2, 0) is 10.0 Å². The lowest BCUT2D eigenvalue weighted by atomic mass is 10.0. The Morgan fingerprint density at radius 1 is 1.32 bits per heavy atom. The van der Waals surface area contributed by atoms with E-state index in [1.807, 2.05) is 6.92 Å². The second-order valence-electron chi connectivity index (χ2n) is 4.75. The van der Waals surface area contributed by atoms with Gasteiger partial charge in [-0.2, -0.15) is 0 Å². The molecule has 6 heteroatoms. The number of sulfonamides is 1. The van der Waals surface area contributed by atoms with E-state index in [0.717, 1.165) is 6.42 Å². The minimum absolute atomic E-state index is 0.00476. The topological polar surface area (TPSA) is 75.6 Å². The molecule has 0 bridgehead atoms. The highest BCUT2D eigenvalue weighted by Gasteiger charge is 2.23. The second-order valence-corrected chi connectivity index (χ2v) is 6.51. The molecule has 1 aromatic rings. The number of hydrogen-bond donors (Lipinski definition) is 2. The fourth-order valence-corrected chi connectivity index (χ4v) is 2.88. The van der Waals surface area contributed by atoms with Crippen LogP contribution in [0, 0.1) is 0 Å². The number of benzene rings is 1. The normalized spacial score (nSPS) is 14.9. The van der Waals surface area contributed by atoms with Gasteiger partial charge in [-0.3, -0.25) is 0 Å². The number of nitrogens with one attached hydrogen (secondary N) is 1.